The van der Waals surface area contributed by atoms with E-state index in [1.54, 1.807) is 73.6 Å². The zero-order valence-corrected chi connectivity index (χ0v) is 26.3. The molecule has 0 spiro atoms. The number of hydrogen-bond donors (Lipinski definition) is 6. The first-order valence-corrected chi connectivity index (χ1v) is 15.2. The summed E-state index contributed by atoms with van der Waals surface area (Å²) in [4.78, 5) is 53.8. The van der Waals surface area contributed by atoms with E-state index < -0.39 is 64.8 Å². The van der Waals surface area contributed by atoms with Crippen molar-refractivity contribution in [1.29, 1.82) is 0 Å². The maximum Gasteiger partial charge on any atom is 0.417 e. The molecule has 2 fully saturated rings. The first-order valence-electron chi connectivity index (χ1n) is 15.2. The zero-order valence-electron chi connectivity index (χ0n) is 26.3. The molecule has 0 radical (unpaired) electrons. The number of anilines is 1. The Hall–Kier alpha value is -5.24. The van der Waals surface area contributed by atoms with E-state index in [1.165, 1.54) is 13.2 Å². The van der Waals surface area contributed by atoms with Gasteiger partial charge >= 0.3 is 6.09 Å². The molecule has 7 N–H and O–H groups in total. The molecular weight excluding hydrogens is 622 g/mol. The number of ether oxygens (including phenoxy) is 2. The van der Waals surface area contributed by atoms with E-state index in [9.17, 15) is 39.6 Å². The first-order chi connectivity index (χ1) is 22.8. The summed E-state index contributed by atoms with van der Waals surface area (Å²) >= 11 is 0. The van der Waals surface area contributed by atoms with Crippen molar-refractivity contribution < 1.29 is 49.1 Å². The number of amides is 2. The molecule has 0 saturated heterocycles. The molecule has 250 valence electrons. The summed E-state index contributed by atoms with van der Waals surface area (Å²) in [6.07, 6.45) is -2.12. The topological polar surface area (TPSA) is 209 Å². The van der Waals surface area contributed by atoms with Crippen molar-refractivity contribution in [2.24, 2.45) is 23.5 Å². The molecule has 48 heavy (non-hydrogen) atoms. The van der Waals surface area contributed by atoms with Crippen LogP contribution in [0.1, 0.15) is 17.5 Å². The molecule has 3 aliphatic rings. The Bertz CT molecular complexity index is 1850. The molecule has 2 unspecified atom stereocenters. The number of hydrogen-bond acceptors (Lipinski definition) is 11. The Labute approximate surface area is 275 Å². The second-order valence-electron chi connectivity index (χ2n) is 12.5. The molecular formula is C35H35N3O10. The highest BCUT2D eigenvalue weighted by atomic mass is 16.6. The van der Waals surface area contributed by atoms with Crippen LogP contribution in [-0.2, 0) is 20.8 Å². The standard InChI is InChI=1S/C35H35N3O10/c1-38(2)28-23-15-17-14-22-21(16-4-6-18(7-5-16)37-34(45)48-20-10-8-19(47-3)9-11-20)12-13-24(39)26(22)29(40)25(17)31(42)35(23,46)32(43)27(30(28)41)33(36)44/h4-13,17,23,27-28,30,39-41,46H,14-15H2,1-3H3,(H2,36,44)(H,37,45)/t17-,23-,27?,28-,30?,35-/m1/s1. The molecule has 2 saturated carbocycles. The van der Waals surface area contributed by atoms with Crippen LogP contribution in [0.25, 0.3) is 16.9 Å². The minimum atomic E-state index is -2.73. The van der Waals surface area contributed by atoms with Crippen molar-refractivity contribution in [2.45, 2.75) is 30.6 Å². The molecule has 0 bridgehead atoms. The fourth-order valence-corrected chi connectivity index (χ4v) is 7.50. The number of phenols is 1. The summed E-state index contributed by atoms with van der Waals surface area (Å²) in [5, 5.41) is 47.9. The van der Waals surface area contributed by atoms with E-state index >= 15 is 0 Å². The summed E-state index contributed by atoms with van der Waals surface area (Å²) in [6, 6.07) is 15.3. The van der Waals surface area contributed by atoms with E-state index in [-0.39, 0.29) is 29.7 Å². The lowest BCUT2D eigenvalue weighted by atomic mass is 9.54. The van der Waals surface area contributed by atoms with Gasteiger partial charge in [-0.3, -0.25) is 19.7 Å². The number of methoxy groups -OCH3 is 1. The molecule has 0 aliphatic heterocycles. The molecule has 13 nitrogen and oxygen atoms in total. The quantitative estimate of drug-likeness (QED) is 0.212. The Morgan fingerprint density at radius 1 is 0.979 bits per heavy atom. The Morgan fingerprint density at radius 3 is 2.23 bits per heavy atom. The van der Waals surface area contributed by atoms with Gasteiger partial charge in [0.2, 0.25) is 11.7 Å². The van der Waals surface area contributed by atoms with Crippen LogP contribution in [0.5, 0.6) is 17.2 Å². The normalized spacial score (nSPS) is 26.3. The number of nitrogens with one attached hydrogen (secondary N) is 1. The average molecular weight is 658 g/mol. The highest BCUT2D eigenvalue weighted by Crippen LogP contribution is 2.53. The SMILES string of the molecule is COc1ccc(OC(=O)Nc2ccc(-c3ccc(O)c4c3C[C@@H]3C[C@@H]5[C@@H](N(C)C)C(O)C(C(N)=O)C(=O)[C@]5(O)C(=O)C3=C4O)cc2)cc1. The first kappa shape index (κ1) is 32.7. The predicted molar refractivity (Wildman–Crippen MR) is 172 cm³/mol. The number of ketones is 2. The molecule has 3 aromatic carbocycles. The molecule has 6 atom stereocenters. The number of primary amides is 1. The van der Waals surface area contributed by atoms with Gasteiger partial charge < -0.3 is 40.5 Å². The minimum Gasteiger partial charge on any atom is -0.507 e. The molecule has 0 heterocycles. The number of carbonyl (C=O) groups is 4. The molecule has 3 aromatic rings. The Balaban J connectivity index is 1.32. The fraction of sp³-hybridized carbons (Fsp3) is 0.314. The summed E-state index contributed by atoms with van der Waals surface area (Å²) in [5.41, 5.74) is 4.74. The molecule has 3 aliphatic carbocycles. The van der Waals surface area contributed by atoms with Crippen molar-refractivity contribution in [3.63, 3.8) is 0 Å². The van der Waals surface area contributed by atoms with Crippen LogP contribution in [0, 0.1) is 17.8 Å². The number of phenolic OH excluding ortho intramolecular Hbond substituents is 1. The summed E-state index contributed by atoms with van der Waals surface area (Å²) in [7, 11) is 4.72. The highest BCUT2D eigenvalue weighted by Gasteiger charge is 2.67. The van der Waals surface area contributed by atoms with Crippen LogP contribution in [0.15, 0.2) is 66.2 Å². The van der Waals surface area contributed by atoms with E-state index in [0.29, 0.717) is 33.9 Å². The summed E-state index contributed by atoms with van der Waals surface area (Å²) in [5.74, 6) is -7.07. The number of rotatable bonds is 6. The maximum atomic E-state index is 14.1. The smallest absolute Gasteiger partial charge is 0.417 e. The number of Topliss-reactive ketones (excluding diaryl/α,β-unsaturated/α-hetero) is 2. The van der Waals surface area contributed by atoms with Crippen molar-refractivity contribution in [1.82, 2.24) is 4.90 Å². The van der Waals surface area contributed by atoms with Crippen molar-refractivity contribution in [3.05, 3.63) is 77.4 Å². The Morgan fingerprint density at radius 2 is 1.62 bits per heavy atom. The van der Waals surface area contributed by atoms with Gasteiger partial charge in [-0.05, 0) is 92.0 Å². The lowest BCUT2D eigenvalue weighted by Gasteiger charge is -2.53. The van der Waals surface area contributed by atoms with Crippen LogP contribution < -0.4 is 20.5 Å². The van der Waals surface area contributed by atoms with Crippen LogP contribution in [0.3, 0.4) is 0 Å². The number of carbonyl (C=O) groups excluding carboxylic acids is 4. The van der Waals surface area contributed by atoms with Gasteiger partial charge in [0.1, 0.15) is 28.9 Å². The second-order valence-corrected chi connectivity index (χ2v) is 12.5. The van der Waals surface area contributed by atoms with Crippen LogP contribution >= 0.6 is 0 Å². The van der Waals surface area contributed by atoms with Gasteiger partial charge in [-0.1, -0.05) is 18.2 Å². The van der Waals surface area contributed by atoms with Crippen molar-refractivity contribution >= 4 is 35.0 Å². The third-order valence-corrected chi connectivity index (χ3v) is 9.68. The number of aliphatic hydroxyl groups excluding tert-OH is 2. The fourth-order valence-electron chi connectivity index (χ4n) is 7.50. The number of likely N-dealkylation sites (N-methyl/N-ethyl adjacent to an activating group) is 1. The molecule has 13 heteroatoms. The van der Waals surface area contributed by atoms with E-state index in [1.807, 2.05) is 0 Å². The number of fused-ring (bicyclic) bond motifs is 3. The van der Waals surface area contributed by atoms with Gasteiger partial charge in [-0.15, -0.1) is 0 Å². The molecule has 6 rings (SSSR count). The van der Waals surface area contributed by atoms with E-state index in [0.717, 1.165) is 0 Å². The number of aliphatic hydroxyl groups is 3. The second kappa shape index (κ2) is 12.1. The van der Waals surface area contributed by atoms with Gasteiger partial charge in [-0.2, -0.15) is 0 Å². The summed E-state index contributed by atoms with van der Waals surface area (Å²) < 4.78 is 10.4. The number of benzene rings is 3. The summed E-state index contributed by atoms with van der Waals surface area (Å²) in [6.45, 7) is 0. The van der Waals surface area contributed by atoms with Crippen LogP contribution in [0.2, 0.25) is 0 Å². The molecule has 2 amide bonds. The number of aromatic hydroxyl groups is 1. The lowest BCUT2D eigenvalue weighted by Crippen LogP contribution is -2.73. The van der Waals surface area contributed by atoms with Gasteiger partial charge in [0, 0.05) is 23.2 Å². The van der Waals surface area contributed by atoms with Crippen LogP contribution in [-0.4, -0.2) is 87.8 Å². The van der Waals surface area contributed by atoms with Crippen molar-refractivity contribution in [2.75, 3.05) is 26.5 Å². The number of nitrogens with zero attached hydrogens (tertiary/aromatic N) is 1. The largest absolute Gasteiger partial charge is 0.507 e. The highest BCUT2D eigenvalue weighted by molar-refractivity contribution is 6.25. The Kier molecular flexibility index (Phi) is 8.23. The van der Waals surface area contributed by atoms with Gasteiger partial charge in [0.15, 0.2) is 11.4 Å². The molecule has 0 aromatic heterocycles. The van der Waals surface area contributed by atoms with Crippen LogP contribution in [0.4, 0.5) is 10.5 Å². The zero-order chi connectivity index (χ0) is 34.7. The average Bonchev–Trinajstić information content (AvgIpc) is 3.03. The third kappa shape index (κ3) is 5.16. The number of nitrogens with two attached hydrogens (primary N) is 1. The van der Waals surface area contributed by atoms with E-state index in [4.69, 9.17) is 15.2 Å². The predicted octanol–water partition coefficient (Wildman–Crippen LogP) is 2.42. The van der Waals surface area contributed by atoms with Gasteiger partial charge in [-0.25, -0.2) is 4.79 Å². The monoisotopic (exact) mass is 657 g/mol. The van der Waals surface area contributed by atoms with Gasteiger partial charge in [0.05, 0.1) is 18.8 Å². The van der Waals surface area contributed by atoms with Gasteiger partial charge in [0.25, 0.3) is 0 Å². The van der Waals surface area contributed by atoms with Crippen molar-refractivity contribution in [3.8, 4) is 28.4 Å². The minimum absolute atomic E-state index is 0.00641. The third-order valence-electron chi connectivity index (χ3n) is 9.68. The maximum absolute atomic E-state index is 14.1. The lowest BCUT2D eigenvalue weighted by molar-refractivity contribution is -0.184. The van der Waals surface area contributed by atoms with E-state index in [2.05, 4.69) is 5.32 Å².